The standard InChI is InChI=1S/C25H39N3O5/c1-23(2,3)32-21(30)27(17-19-11-8-7-9-12-19)15-10-13-25(20(26)29)14-16-28(18-25)22(31)33-24(4,5)6/h7-9,11-12H,10,13-18H2,1-6H3,(H2,26,29). The van der Waals surface area contributed by atoms with Gasteiger partial charge in [-0.3, -0.25) is 4.79 Å². The summed E-state index contributed by atoms with van der Waals surface area (Å²) in [6.07, 6.45) is 0.658. The second-order valence-electron chi connectivity index (χ2n) is 10.8. The Labute approximate surface area is 197 Å². The van der Waals surface area contributed by atoms with Crippen molar-refractivity contribution in [2.24, 2.45) is 11.1 Å². The smallest absolute Gasteiger partial charge is 0.410 e. The monoisotopic (exact) mass is 461 g/mol. The van der Waals surface area contributed by atoms with Crippen LogP contribution in [-0.4, -0.2) is 58.7 Å². The van der Waals surface area contributed by atoms with Crippen LogP contribution in [0.2, 0.25) is 0 Å². The van der Waals surface area contributed by atoms with Gasteiger partial charge in [-0.15, -0.1) is 0 Å². The first-order chi connectivity index (χ1) is 15.2. The van der Waals surface area contributed by atoms with E-state index < -0.39 is 34.7 Å². The number of rotatable bonds is 7. The molecule has 8 heteroatoms. The van der Waals surface area contributed by atoms with Crippen molar-refractivity contribution in [1.82, 2.24) is 9.80 Å². The summed E-state index contributed by atoms with van der Waals surface area (Å²) in [5, 5.41) is 0. The minimum Gasteiger partial charge on any atom is -0.444 e. The van der Waals surface area contributed by atoms with Crippen LogP contribution in [0.5, 0.6) is 0 Å². The highest BCUT2D eigenvalue weighted by Gasteiger charge is 2.45. The zero-order valence-corrected chi connectivity index (χ0v) is 20.8. The number of primary amides is 1. The molecule has 1 saturated heterocycles. The fourth-order valence-corrected chi connectivity index (χ4v) is 3.86. The number of ether oxygens (including phenoxy) is 2. The van der Waals surface area contributed by atoms with E-state index in [-0.39, 0.29) is 6.54 Å². The molecule has 1 aliphatic rings. The van der Waals surface area contributed by atoms with Crippen molar-refractivity contribution >= 4 is 18.1 Å². The van der Waals surface area contributed by atoms with Crippen LogP contribution in [0.4, 0.5) is 9.59 Å². The zero-order chi connectivity index (χ0) is 24.9. The van der Waals surface area contributed by atoms with Gasteiger partial charge < -0.3 is 25.0 Å². The van der Waals surface area contributed by atoms with E-state index in [1.807, 2.05) is 51.1 Å². The highest BCUT2D eigenvalue weighted by Crippen LogP contribution is 2.36. The van der Waals surface area contributed by atoms with Gasteiger partial charge in [-0.1, -0.05) is 30.3 Å². The first-order valence-corrected chi connectivity index (χ1v) is 11.5. The lowest BCUT2D eigenvalue weighted by Crippen LogP contribution is -2.43. The van der Waals surface area contributed by atoms with Gasteiger partial charge in [0.25, 0.3) is 0 Å². The highest BCUT2D eigenvalue weighted by atomic mass is 16.6. The molecule has 33 heavy (non-hydrogen) atoms. The van der Waals surface area contributed by atoms with Crippen molar-refractivity contribution in [2.45, 2.75) is 78.6 Å². The molecule has 0 aliphatic carbocycles. The maximum absolute atomic E-state index is 12.8. The lowest BCUT2D eigenvalue weighted by atomic mass is 9.81. The number of benzene rings is 1. The number of hydrogen-bond acceptors (Lipinski definition) is 5. The molecule has 8 nitrogen and oxygen atoms in total. The Morgan fingerprint density at radius 3 is 2.18 bits per heavy atom. The van der Waals surface area contributed by atoms with Crippen molar-refractivity contribution < 1.29 is 23.9 Å². The molecule has 1 aromatic rings. The van der Waals surface area contributed by atoms with Crippen LogP contribution in [-0.2, 0) is 20.8 Å². The predicted octanol–water partition coefficient (Wildman–Crippen LogP) is 4.32. The molecule has 0 bridgehead atoms. The van der Waals surface area contributed by atoms with E-state index in [1.165, 1.54) is 0 Å². The largest absolute Gasteiger partial charge is 0.444 e. The summed E-state index contributed by atoms with van der Waals surface area (Å²) < 4.78 is 11.0. The number of carbonyl (C=O) groups excluding carboxylic acids is 3. The SMILES string of the molecule is CC(C)(C)OC(=O)N(CCCC1(C(N)=O)CCN(C(=O)OC(C)(C)C)C1)Cc1ccccc1. The quantitative estimate of drug-likeness (QED) is 0.652. The van der Waals surface area contributed by atoms with Gasteiger partial charge in [-0.2, -0.15) is 0 Å². The summed E-state index contributed by atoms with van der Waals surface area (Å²) >= 11 is 0. The molecule has 0 aromatic heterocycles. The molecule has 1 heterocycles. The van der Waals surface area contributed by atoms with Gasteiger partial charge in [0.2, 0.25) is 5.91 Å². The van der Waals surface area contributed by atoms with E-state index in [9.17, 15) is 14.4 Å². The van der Waals surface area contributed by atoms with Crippen LogP contribution in [0.1, 0.15) is 66.4 Å². The van der Waals surface area contributed by atoms with Crippen molar-refractivity contribution in [1.29, 1.82) is 0 Å². The minimum absolute atomic E-state index is 0.225. The summed E-state index contributed by atoms with van der Waals surface area (Å²) in [5.74, 6) is -0.430. The summed E-state index contributed by atoms with van der Waals surface area (Å²) in [4.78, 5) is 40.9. The lowest BCUT2D eigenvalue weighted by Gasteiger charge is -2.30. The van der Waals surface area contributed by atoms with Gasteiger partial charge in [-0.05, 0) is 66.4 Å². The maximum atomic E-state index is 12.8. The Morgan fingerprint density at radius 2 is 1.64 bits per heavy atom. The van der Waals surface area contributed by atoms with Crippen LogP contribution < -0.4 is 5.73 Å². The van der Waals surface area contributed by atoms with E-state index >= 15 is 0 Å². The second kappa shape index (κ2) is 10.4. The van der Waals surface area contributed by atoms with Crippen LogP contribution in [0.3, 0.4) is 0 Å². The van der Waals surface area contributed by atoms with Gasteiger partial charge in [-0.25, -0.2) is 9.59 Å². The highest BCUT2D eigenvalue weighted by molar-refractivity contribution is 5.83. The number of hydrogen-bond donors (Lipinski definition) is 1. The summed E-state index contributed by atoms with van der Waals surface area (Å²) in [6.45, 7) is 12.4. The van der Waals surface area contributed by atoms with Crippen LogP contribution in [0.15, 0.2) is 30.3 Å². The van der Waals surface area contributed by atoms with Crippen molar-refractivity contribution in [3.63, 3.8) is 0 Å². The zero-order valence-electron chi connectivity index (χ0n) is 20.8. The Balaban J connectivity index is 2.05. The third-order valence-electron chi connectivity index (χ3n) is 5.48. The fraction of sp³-hybridized carbons (Fsp3) is 0.640. The number of nitrogens with two attached hydrogens (primary N) is 1. The lowest BCUT2D eigenvalue weighted by molar-refractivity contribution is -0.127. The van der Waals surface area contributed by atoms with Gasteiger partial charge in [0, 0.05) is 26.2 Å². The Hall–Kier alpha value is -2.77. The first kappa shape index (κ1) is 26.5. The minimum atomic E-state index is -0.830. The van der Waals surface area contributed by atoms with Crippen molar-refractivity contribution in [3.05, 3.63) is 35.9 Å². The summed E-state index contributed by atoms with van der Waals surface area (Å²) in [7, 11) is 0. The van der Waals surface area contributed by atoms with Gasteiger partial charge >= 0.3 is 12.2 Å². The van der Waals surface area contributed by atoms with Crippen molar-refractivity contribution in [3.8, 4) is 0 Å². The van der Waals surface area contributed by atoms with Gasteiger partial charge in [0.05, 0.1) is 5.41 Å². The molecule has 1 unspecified atom stereocenters. The summed E-state index contributed by atoms with van der Waals surface area (Å²) in [5.41, 5.74) is 4.72. The number of amides is 3. The van der Waals surface area contributed by atoms with Crippen molar-refractivity contribution in [2.75, 3.05) is 19.6 Å². The normalized spacial score (nSPS) is 18.7. The Kier molecular flexibility index (Phi) is 8.38. The van der Waals surface area contributed by atoms with Crippen LogP contribution in [0.25, 0.3) is 0 Å². The summed E-state index contributed by atoms with van der Waals surface area (Å²) in [6, 6.07) is 9.69. The number of carbonyl (C=O) groups is 3. The van der Waals surface area contributed by atoms with E-state index in [4.69, 9.17) is 15.2 Å². The van der Waals surface area contributed by atoms with Crippen LogP contribution >= 0.6 is 0 Å². The third-order valence-corrected chi connectivity index (χ3v) is 5.48. The van der Waals surface area contributed by atoms with E-state index in [2.05, 4.69) is 0 Å². The fourth-order valence-electron chi connectivity index (χ4n) is 3.86. The van der Waals surface area contributed by atoms with E-state index in [1.54, 1.807) is 30.6 Å². The topological polar surface area (TPSA) is 102 Å². The molecule has 0 spiro atoms. The molecule has 184 valence electrons. The molecule has 2 rings (SSSR count). The molecule has 1 aliphatic heterocycles. The van der Waals surface area contributed by atoms with Gasteiger partial charge in [0.1, 0.15) is 11.2 Å². The molecule has 0 saturated carbocycles. The average molecular weight is 462 g/mol. The predicted molar refractivity (Wildman–Crippen MR) is 126 cm³/mol. The average Bonchev–Trinajstić information content (AvgIpc) is 3.11. The van der Waals surface area contributed by atoms with Crippen LogP contribution in [0, 0.1) is 5.41 Å². The molecular weight excluding hydrogens is 422 g/mol. The molecule has 1 aromatic carbocycles. The molecule has 1 atom stereocenters. The number of nitrogens with zero attached hydrogens (tertiary/aromatic N) is 2. The molecule has 2 N–H and O–H groups in total. The first-order valence-electron chi connectivity index (χ1n) is 11.5. The molecule has 0 radical (unpaired) electrons. The molecule has 3 amide bonds. The Bertz CT molecular complexity index is 829. The molecule has 1 fully saturated rings. The van der Waals surface area contributed by atoms with E-state index in [0.29, 0.717) is 38.9 Å². The second-order valence-corrected chi connectivity index (χ2v) is 10.8. The van der Waals surface area contributed by atoms with Gasteiger partial charge in [0.15, 0.2) is 0 Å². The number of likely N-dealkylation sites (tertiary alicyclic amines) is 1. The Morgan fingerprint density at radius 1 is 1.03 bits per heavy atom. The van der Waals surface area contributed by atoms with E-state index in [0.717, 1.165) is 5.56 Å². The third kappa shape index (κ3) is 8.26. The maximum Gasteiger partial charge on any atom is 0.410 e. The molecular formula is C25H39N3O5.